The van der Waals surface area contributed by atoms with Gasteiger partial charge in [0.2, 0.25) is 5.91 Å². The van der Waals surface area contributed by atoms with Gasteiger partial charge in [-0.15, -0.1) is 11.3 Å². The van der Waals surface area contributed by atoms with Gasteiger partial charge in [-0.2, -0.15) is 0 Å². The number of nitrogens with zero attached hydrogens (tertiary/aromatic N) is 2. The van der Waals surface area contributed by atoms with Gasteiger partial charge >= 0.3 is 0 Å². The van der Waals surface area contributed by atoms with E-state index in [-0.39, 0.29) is 5.91 Å². The topological polar surface area (TPSA) is 45.2 Å². The molecule has 3 rings (SSSR count). The van der Waals surface area contributed by atoms with E-state index in [0.717, 1.165) is 18.5 Å². The maximum atomic E-state index is 12.0. The Balaban J connectivity index is 1.50. The van der Waals surface area contributed by atoms with Crippen molar-refractivity contribution in [2.75, 3.05) is 13.6 Å². The number of hydrogen-bond acceptors (Lipinski definition) is 4. The molecule has 4 nitrogen and oxygen atoms in total. The number of aromatic nitrogens is 1. The summed E-state index contributed by atoms with van der Waals surface area (Å²) in [4.78, 5) is 19.5. The Labute approximate surface area is 146 Å². The van der Waals surface area contributed by atoms with Gasteiger partial charge < -0.3 is 10.2 Å². The predicted molar refractivity (Wildman–Crippen MR) is 98.9 cm³/mol. The summed E-state index contributed by atoms with van der Waals surface area (Å²) < 4.78 is 0. The van der Waals surface area contributed by atoms with E-state index < -0.39 is 0 Å². The fraction of sp³-hybridized carbons (Fsp3) is 0.263. The Kier molecular flexibility index (Phi) is 5.56. The molecule has 1 aromatic carbocycles. The molecule has 0 radical (unpaired) electrons. The summed E-state index contributed by atoms with van der Waals surface area (Å²) in [6, 6.07) is 12.3. The van der Waals surface area contributed by atoms with Crippen LogP contribution in [0.1, 0.15) is 16.9 Å². The molecule has 0 aliphatic carbocycles. The van der Waals surface area contributed by atoms with Crippen molar-refractivity contribution in [2.24, 2.45) is 0 Å². The minimum absolute atomic E-state index is 0.0948. The Morgan fingerprint density at radius 3 is 3.00 bits per heavy atom. The van der Waals surface area contributed by atoms with E-state index in [2.05, 4.69) is 33.4 Å². The third kappa shape index (κ3) is 4.40. The van der Waals surface area contributed by atoms with Crippen molar-refractivity contribution in [1.29, 1.82) is 0 Å². The fourth-order valence-electron chi connectivity index (χ4n) is 2.68. The van der Waals surface area contributed by atoms with Crippen LogP contribution in [0.2, 0.25) is 0 Å². The summed E-state index contributed by atoms with van der Waals surface area (Å²) >= 11 is 1.66. The first-order chi connectivity index (χ1) is 11.7. The molecule has 0 aliphatic rings. The number of pyridine rings is 1. The molecule has 5 heteroatoms. The zero-order valence-electron chi connectivity index (χ0n) is 13.7. The van der Waals surface area contributed by atoms with Crippen LogP contribution in [0.15, 0.2) is 54.2 Å². The van der Waals surface area contributed by atoms with Gasteiger partial charge in [-0.1, -0.05) is 24.3 Å². The van der Waals surface area contributed by atoms with Gasteiger partial charge in [0, 0.05) is 42.2 Å². The van der Waals surface area contributed by atoms with Gasteiger partial charge in [0.25, 0.3) is 0 Å². The summed E-state index contributed by atoms with van der Waals surface area (Å²) in [5.74, 6) is 0.0948. The van der Waals surface area contributed by atoms with Crippen LogP contribution in [0, 0.1) is 0 Å². The van der Waals surface area contributed by atoms with Crippen LogP contribution in [0.4, 0.5) is 0 Å². The highest BCUT2D eigenvalue weighted by atomic mass is 32.1. The van der Waals surface area contributed by atoms with E-state index in [9.17, 15) is 4.79 Å². The fourth-order valence-corrected chi connectivity index (χ4v) is 3.32. The smallest absolute Gasteiger partial charge is 0.221 e. The van der Waals surface area contributed by atoms with Crippen molar-refractivity contribution in [1.82, 2.24) is 15.2 Å². The third-order valence-electron chi connectivity index (χ3n) is 3.97. The summed E-state index contributed by atoms with van der Waals surface area (Å²) in [5.41, 5.74) is 1.26. The van der Waals surface area contributed by atoms with Crippen molar-refractivity contribution in [3.05, 3.63) is 64.6 Å². The minimum atomic E-state index is 0.0948. The van der Waals surface area contributed by atoms with Crippen LogP contribution in [-0.4, -0.2) is 29.4 Å². The first-order valence-electron chi connectivity index (χ1n) is 8.01. The van der Waals surface area contributed by atoms with Crippen molar-refractivity contribution < 1.29 is 4.79 Å². The van der Waals surface area contributed by atoms with Gasteiger partial charge in [0.05, 0.1) is 6.54 Å². The van der Waals surface area contributed by atoms with E-state index in [1.807, 2.05) is 43.0 Å². The SMILES string of the molecule is CN(CCC(=O)NCc1cccs1)Cc1cccc2cnccc12. The number of benzene rings is 1. The largest absolute Gasteiger partial charge is 0.351 e. The van der Waals surface area contributed by atoms with Crippen LogP contribution in [0.25, 0.3) is 10.8 Å². The lowest BCUT2D eigenvalue weighted by Crippen LogP contribution is -2.28. The molecular formula is C19H21N3OS. The standard InChI is InChI=1S/C19H21N3OS/c1-22(10-8-19(23)21-13-17-6-3-11-24-17)14-16-5-2-4-15-12-20-9-7-18(15)16/h2-7,9,11-12H,8,10,13-14H2,1H3,(H,21,23). The Hall–Kier alpha value is -2.24. The number of carbonyl (C=O) groups is 1. The summed E-state index contributed by atoms with van der Waals surface area (Å²) in [6.07, 6.45) is 4.22. The molecule has 0 bridgehead atoms. The second-order valence-electron chi connectivity index (χ2n) is 5.86. The normalized spacial score (nSPS) is 11.1. The number of rotatable bonds is 7. The lowest BCUT2D eigenvalue weighted by Gasteiger charge is -2.17. The lowest BCUT2D eigenvalue weighted by molar-refractivity contribution is -0.121. The molecule has 24 heavy (non-hydrogen) atoms. The van der Waals surface area contributed by atoms with E-state index in [1.165, 1.54) is 15.8 Å². The van der Waals surface area contributed by atoms with E-state index in [0.29, 0.717) is 13.0 Å². The van der Waals surface area contributed by atoms with Crippen molar-refractivity contribution in [3.8, 4) is 0 Å². The number of carbonyl (C=O) groups excluding carboxylic acids is 1. The third-order valence-corrected chi connectivity index (χ3v) is 4.85. The number of amides is 1. The van der Waals surface area contributed by atoms with Gasteiger partial charge in [-0.3, -0.25) is 9.78 Å². The molecule has 0 aliphatic heterocycles. The molecule has 1 N–H and O–H groups in total. The van der Waals surface area contributed by atoms with Crippen LogP contribution >= 0.6 is 11.3 Å². The van der Waals surface area contributed by atoms with Crippen molar-refractivity contribution in [3.63, 3.8) is 0 Å². The Bertz CT molecular complexity index is 796. The van der Waals surface area contributed by atoms with E-state index in [4.69, 9.17) is 0 Å². The maximum Gasteiger partial charge on any atom is 0.221 e. The molecule has 2 aromatic heterocycles. The molecule has 1 amide bonds. The second kappa shape index (κ2) is 8.04. The number of fused-ring (bicyclic) bond motifs is 1. The maximum absolute atomic E-state index is 12.0. The predicted octanol–water partition coefficient (Wildman–Crippen LogP) is 3.43. The zero-order valence-corrected chi connectivity index (χ0v) is 14.6. The van der Waals surface area contributed by atoms with Crippen LogP contribution in [0.3, 0.4) is 0 Å². The molecular weight excluding hydrogens is 318 g/mol. The molecule has 0 saturated heterocycles. The monoisotopic (exact) mass is 339 g/mol. The molecule has 3 aromatic rings. The molecule has 0 spiro atoms. The Morgan fingerprint density at radius 2 is 2.17 bits per heavy atom. The van der Waals surface area contributed by atoms with Gasteiger partial charge in [-0.05, 0) is 35.5 Å². The molecule has 0 unspecified atom stereocenters. The minimum Gasteiger partial charge on any atom is -0.351 e. The molecule has 0 fully saturated rings. The zero-order chi connectivity index (χ0) is 16.8. The quantitative estimate of drug-likeness (QED) is 0.717. The Morgan fingerprint density at radius 1 is 1.25 bits per heavy atom. The lowest BCUT2D eigenvalue weighted by atomic mass is 10.1. The number of nitrogens with one attached hydrogen (secondary N) is 1. The number of thiophene rings is 1. The average Bonchev–Trinajstić information content (AvgIpc) is 3.12. The van der Waals surface area contributed by atoms with Crippen LogP contribution in [0.5, 0.6) is 0 Å². The first kappa shape index (κ1) is 16.6. The van der Waals surface area contributed by atoms with Crippen molar-refractivity contribution in [2.45, 2.75) is 19.5 Å². The average molecular weight is 339 g/mol. The summed E-state index contributed by atoms with van der Waals surface area (Å²) in [7, 11) is 2.05. The van der Waals surface area contributed by atoms with E-state index in [1.54, 1.807) is 11.3 Å². The van der Waals surface area contributed by atoms with E-state index >= 15 is 0 Å². The summed E-state index contributed by atoms with van der Waals surface area (Å²) in [5, 5.41) is 7.37. The van der Waals surface area contributed by atoms with Crippen LogP contribution in [-0.2, 0) is 17.9 Å². The highest BCUT2D eigenvalue weighted by Gasteiger charge is 2.07. The van der Waals surface area contributed by atoms with Gasteiger partial charge in [-0.25, -0.2) is 0 Å². The summed E-state index contributed by atoms with van der Waals surface area (Å²) in [6.45, 7) is 2.17. The molecule has 0 atom stereocenters. The highest BCUT2D eigenvalue weighted by molar-refractivity contribution is 7.09. The highest BCUT2D eigenvalue weighted by Crippen LogP contribution is 2.18. The van der Waals surface area contributed by atoms with Crippen LogP contribution < -0.4 is 5.32 Å². The molecule has 2 heterocycles. The number of hydrogen-bond donors (Lipinski definition) is 1. The van der Waals surface area contributed by atoms with Gasteiger partial charge in [0.15, 0.2) is 0 Å². The molecule has 0 saturated carbocycles. The molecule has 124 valence electrons. The van der Waals surface area contributed by atoms with Crippen molar-refractivity contribution >= 4 is 28.0 Å². The second-order valence-corrected chi connectivity index (χ2v) is 6.89. The van der Waals surface area contributed by atoms with Gasteiger partial charge in [0.1, 0.15) is 0 Å². The first-order valence-corrected chi connectivity index (χ1v) is 8.89.